The third-order valence-electron chi connectivity index (χ3n) is 5.21. The summed E-state index contributed by atoms with van der Waals surface area (Å²) in [7, 11) is 0. The van der Waals surface area contributed by atoms with Gasteiger partial charge in [0.15, 0.2) is 0 Å². The topological polar surface area (TPSA) is 75.4 Å². The zero-order chi connectivity index (χ0) is 17.1. The van der Waals surface area contributed by atoms with Crippen LogP contribution >= 0.6 is 12.4 Å². The largest absolute Gasteiger partial charge is 0.355 e. The summed E-state index contributed by atoms with van der Waals surface area (Å²) in [6.07, 6.45) is 6.99. The molecule has 1 aliphatic carbocycles. The lowest BCUT2D eigenvalue weighted by atomic mass is 9.81. The van der Waals surface area contributed by atoms with Crippen LogP contribution in [0.5, 0.6) is 0 Å². The molecule has 1 saturated carbocycles. The van der Waals surface area contributed by atoms with Gasteiger partial charge in [-0.05, 0) is 31.6 Å². The van der Waals surface area contributed by atoms with E-state index < -0.39 is 5.54 Å². The van der Waals surface area contributed by atoms with Gasteiger partial charge in [-0.2, -0.15) is 0 Å². The molecule has 0 bridgehead atoms. The number of halogens is 1. The average molecular weight is 360 g/mol. The molecule has 2 aliphatic rings. The van der Waals surface area contributed by atoms with E-state index in [2.05, 4.69) is 5.32 Å². The van der Waals surface area contributed by atoms with Crippen molar-refractivity contribution in [3.63, 3.8) is 0 Å². The molecular formula is C18H34ClN3O2. The first kappa shape index (κ1) is 21.2. The van der Waals surface area contributed by atoms with Crippen LogP contribution in [0, 0.1) is 11.3 Å². The van der Waals surface area contributed by atoms with E-state index in [0.717, 1.165) is 51.6 Å². The van der Waals surface area contributed by atoms with E-state index in [4.69, 9.17) is 5.73 Å². The Labute approximate surface area is 152 Å². The fraction of sp³-hybridized carbons (Fsp3) is 0.889. The van der Waals surface area contributed by atoms with Crippen LogP contribution in [0.25, 0.3) is 0 Å². The lowest BCUT2D eigenvalue weighted by molar-refractivity contribution is -0.140. The lowest BCUT2D eigenvalue weighted by Gasteiger charge is -2.40. The van der Waals surface area contributed by atoms with Crippen molar-refractivity contribution in [3.05, 3.63) is 0 Å². The Balaban J connectivity index is 0.00000288. The molecule has 0 aromatic carbocycles. The zero-order valence-electron chi connectivity index (χ0n) is 15.4. The minimum atomic E-state index is -0.644. The molecule has 2 fully saturated rings. The predicted molar refractivity (Wildman–Crippen MR) is 99.0 cm³/mol. The normalized spacial score (nSPS) is 24.0. The number of hydrogen-bond donors (Lipinski definition) is 2. The maximum absolute atomic E-state index is 12.8. The van der Waals surface area contributed by atoms with Gasteiger partial charge in [0.1, 0.15) is 0 Å². The molecular weight excluding hydrogens is 326 g/mol. The third-order valence-corrected chi connectivity index (χ3v) is 5.21. The van der Waals surface area contributed by atoms with Crippen molar-refractivity contribution >= 4 is 24.2 Å². The molecule has 1 atom stereocenters. The fourth-order valence-electron chi connectivity index (χ4n) is 3.63. The minimum Gasteiger partial charge on any atom is -0.355 e. The Morgan fingerprint density at radius 1 is 1.17 bits per heavy atom. The van der Waals surface area contributed by atoms with Crippen LogP contribution in [-0.4, -0.2) is 41.9 Å². The summed E-state index contributed by atoms with van der Waals surface area (Å²) in [5, 5.41) is 3.03. The number of amides is 2. The molecule has 5 nitrogen and oxygen atoms in total. The SMILES string of the molecule is CC(C)(C)C(=O)NCC1CCCN(C(=O)C2(N)CCCCC2)C1.Cl. The van der Waals surface area contributed by atoms with Crippen molar-refractivity contribution in [2.75, 3.05) is 19.6 Å². The van der Waals surface area contributed by atoms with E-state index in [-0.39, 0.29) is 29.6 Å². The van der Waals surface area contributed by atoms with Crippen LogP contribution in [0.2, 0.25) is 0 Å². The van der Waals surface area contributed by atoms with E-state index in [0.29, 0.717) is 12.5 Å². The summed E-state index contributed by atoms with van der Waals surface area (Å²) >= 11 is 0. The number of rotatable bonds is 3. The van der Waals surface area contributed by atoms with Crippen molar-refractivity contribution in [2.24, 2.45) is 17.1 Å². The number of nitrogens with one attached hydrogen (secondary N) is 1. The van der Waals surface area contributed by atoms with Gasteiger partial charge in [-0.1, -0.05) is 40.0 Å². The summed E-state index contributed by atoms with van der Waals surface area (Å²) in [4.78, 5) is 26.8. The number of hydrogen-bond acceptors (Lipinski definition) is 3. The van der Waals surface area contributed by atoms with Crippen molar-refractivity contribution in [3.8, 4) is 0 Å². The maximum atomic E-state index is 12.8. The number of carbonyl (C=O) groups is 2. The molecule has 0 aromatic rings. The monoisotopic (exact) mass is 359 g/mol. The highest BCUT2D eigenvalue weighted by Gasteiger charge is 2.39. The molecule has 2 amide bonds. The van der Waals surface area contributed by atoms with Gasteiger partial charge in [-0.25, -0.2) is 0 Å². The maximum Gasteiger partial charge on any atom is 0.242 e. The number of likely N-dealkylation sites (tertiary alicyclic amines) is 1. The molecule has 0 aromatic heterocycles. The highest BCUT2D eigenvalue weighted by Crippen LogP contribution is 2.29. The van der Waals surface area contributed by atoms with Crippen molar-refractivity contribution in [2.45, 2.75) is 71.3 Å². The highest BCUT2D eigenvalue weighted by atomic mass is 35.5. The number of piperidine rings is 1. The van der Waals surface area contributed by atoms with Crippen molar-refractivity contribution < 1.29 is 9.59 Å². The van der Waals surface area contributed by atoms with Gasteiger partial charge < -0.3 is 16.0 Å². The smallest absolute Gasteiger partial charge is 0.242 e. The standard InChI is InChI=1S/C18H33N3O2.ClH/c1-17(2,3)15(22)20-12-14-8-7-11-21(13-14)16(23)18(19)9-5-4-6-10-18;/h14H,4-13,19H2,1-3H3,(H,20,22);1H. The second-order valence-corrected chi connectivity index (χ2v) is 8.44. The van der Waals surface area contributed by atoms with Crippen LogP contribution in [0.15, 0.2) is 0 Å². The van der Waals surface area contributed by atoms with E-state index in [1.54, 1.807) is 0 Å². The Bertz CT molecular complexity index is 442. The van der Waals surface area contributed by atoms with Crippen LogP contribution < -0.4 is 11.1 Å². The van der Waals surface area contributed by atoms with Crippen molar-refractivity contribution in [1.82, 2.24) is 10.2 Å². The Hall–Kier alpha value is -0.810. The summed E-state index contributed by atoms with van der Waals surface area (Å²) in [5.74, 6) is 0.541. The molecule has 3 N–H and O–H groups in total. The first-order valence-electron chi connectivity index (χ1n) is 9.09. The second kappa shape index (κ2) is 8.52. The third kappa shape index (κ3) is 5.35. The van der Waals surface area contributed by atoms with Gasteiger partial charge in [-0.3, -0.25) is 9.59 Å². The Kier molecular flexibility index (Phi) is 7.54. The fourth-order valence-corrected chi connectivity index (χ4v) is 3.63. The molecule has 6 heteroatoms. The number of carbonyl (C=O) groups excluding carboxylic acids is 2. The van der Waals surface area contributed by atoms with E-state index in [1.807, 2.05) is 25.7 Å². The predicted octanol–water partition coefficient (Wildman–Crippen LogP) is 2.47. The quantitative estimate of drug-likeness (QED) is 0.812. The number of nitrogens with two attached hydrogens (primary N) is 1. The first-order chi connectivity index (χ1) is 10.7. The molecule has 0 spiro atoms. The van der Waals surface area contributed by atoms with Crippen molar-refractivity contribution in [1.29, 1.82) is 0 Å². The number of nitrogens with zero attached hydrogens (tertiary/aromatic N) is 1. The zero-order valence-corrected chi connectivity index (χ0v) is 16.2. The van der Waals surface area contributed by atoms with Gasteiger partial charge in [-0.15, -0.1) is 12.4 Å². The second-order valence-electron chi connectivity index (χ2n) is 8.44. The van der Waals surface area contributed by atoms with E-state index in [1.165, 1.54) is 6.42 Å². The van der Waals surface area contributed by atoms with Crippen LogP contribution in [0.1, 0.15) is 65.7 Å². The van der Waals surface area contributed by atoms with Gasteiger partial charge >= 0.3 is 0 Å². The van der Waals surface area contributed by atoms with Gasteiger partial charge in [0.2, 0.25) is 11.8 Å². The lowest BCUT2D eigenvalue weighted by Crippen LogP contribution is -2.58. The summed E-state index contributed by atoms with van der Waals surface area (Å²) < 4.78 is 0. The molecule has 1 saturated heterocycles. The molecule has 1 heterocycles. The van der Waals surface area contributed by atoms with Crippen LogP contribution in [0.4, 0.5) is 0 Å². The summed E-state index contributed by atoms with van der Waals surface area (Å²) in [6, 6.07) is 0. The summed E-state index contributed by atoms with van der Waals surface area (Å²) in [6.45, 7) is 7.93. The molecule has 1 unspecified atom stereocenters. The van der Waals surface area contributed by atoms with Gasteiger partial charge in [0, 0.05) is 25.0 Å². The van der Waals surface area contributed by atoms with Crippen LogP contribution in [0.3, 0.4) is 0 Å². The Morgan fingerprint density at radius 3 is 2.38 bits per heavy atom. The highest BCUT2D eigenvalue weighted by molar-refractivity contribution is 5.86. The average Bonchev–Trinajstić information content (AvgIpc) is 2.52. The summed E-state index contributed by atoms with van der Waals surface area (Å²) in [5.41, 5.74) is 5.39. The molecule has 24 heavy (non-hydrogen) atoms. The molecule has 0 radical (unpaired) electrons. The first-order valence-corrected chi connectivity index (χ1v) is 9.09. The van der Waals surface area contributed by atoms with E-state index in [9.17, 15) is 9.59 Å². The molecule has 140 valence electrons. The van der Waals surface area contributed by atoms with Crippen LogP contribution in [-0.2, 0) is 9.59 Å². The molecule has 2 rings (SSSR count). The Morgan fingerprint density at radius 2 is 1.79 bits per heavy atom. The molecule has 1 aliphatic heterocycles. The van der Waals surface area contributed by atoms with Gasteiger partial charge in [0.05, 0.1) is 5.54 Å². The van der Waals surface area contributed by atoms with Gasteiger partial charge in [0.25, 0.3) is 0 Å². The van der Waals surface area contributed by atoms with E-state index >= 15 is 0 Å². The minimum absolute atomic E-state index is 0.